The molecule has 2 atom stereocenters. The molecule has 96 valence electrons. The first-order valence-electron chi connectivity index (χ1n) is 5.87. The minimum atomic E-state index is -1.06. The van der Waals surface area contributed by atoms with E-state index in [1.807, 2.05) is 6.92 Å². The molecule has 0 heterocycles. The summed E-state index contributed by atoms with van der Waals surface area (Å²) in [6.07, 6.45) is 1.91. The highest BCUT2D eigenvalue weighted by Crippen LogP contribution is 2.26. The summed E-state index contributed by atoms with van der Waals surface area (Å²) < 4.78 is 9.92. The van der Waals surface area contributed by atoms with Gasteiger partial charge in [0.2, 0.25) is 0 Å². The Bertz CT molecular complexity index is 201. The predicted octanol–water partition coefficient (Wildman–Crippen LogP) is 1.75. The van der Waals surface area contributed by atoms with Crippen LogP contribution in [0.5, 0.6) is 0 Å². The Morgan fingerprint density at radius 3 is 2.50 bits per heavy atom. The van der Waals surface area contributed by atoms with E-state index in [1.54, 1.807) is 21.0 Å². The number of methoxy groups -OCH3 is 1. The maximum atomic E-state index is 11.7. The first-order valence-corrected chi connectivity index (χ1v) is 5.87. The fraction of sp³-hybridized carbons (Fsp3) is 0.917. The number of hydrogen-bond acceptors (Lipinski definition) is 4. The first kappa shape index (κ1) is 15.4. The lowest BCUT2D eigenvalue weighted by Gasteiger charge is -2.31. The number of ether oxygens (including phenoxy) is 2. The zero-order valence-corrected chi connectivity index (χ0v) is 10.8. The SMILES string of the molecule is CCCC(C(=O)OCC)C(C)(O)CCOC. The molecule has 0 fully saturated rings. The van der Waals surface area contributed by atoms with Crippen molar-refractivity contribution in [1.82, 2.24) is 0 Å². The molecule has 0 amide bonds. The van der Waals surface area contributed by atoms with E-state index in [2.05, 4.69) is 0 Å². The van der Waals surface area contributed by atoms with Crippen molar-refractivity contribution < 1.29 is 19.4 Å². The van der Waals surface area contributed by atoms with Gasteiger partial charge in [0.15, 0.2) is 0 Å². The Balaban J connectivity index is 4.53. The summed E-state index contributed by atoms with van der Waals surface area (Å²) in [4.78, 5) is 11.7. The van der Waals surface area contributed by atoms with Gasteiger partial charge in [-0.1, -0.05) is 13.3 Å². The lowest BCUT2D eigenvalue weighted by Crippen LogP contribution is -2.41. The standard InChI is InChI=1S/C12H24O4/c1-5-7-10(11(13)16-6-2)12(3,14)8-9-15-4/h10,14H,5-9H2,1-4H3. The average Bonchev–Trinajstić information content (AvgIpc) is 2.23. The highest BCUT2D eigenvalue weighted by Gasteiger charge is 2.37. The maximum Gasteiger partial charge on any atom is 0.311 e. The predicted molar refractivity (Wildman–Crippen MR) is 62.1 cm³/mol. The molecule has 0 saturated carbocycles. The van der Waals surface area contributed by atoms with E-state index in [0.29, 0.717) is 26.1 Å². The third-order valence-electron chi connectivity index (χ3n) is 2.71. The second kappa shape index (κ2) is 7.63. The zero-order chi connectivity index (χ0) is 12.6. The minimum Gasteiger partial charge on any atom is -0.466 e. The monoisotopic (exact) mass is 232 g/mol. The highest BCUT2D eigenvalue weighted by atomic mass is 16.5. The second-order valence-corrected chi connectivity index (χ2v) is 4.19. The average molecular weight is 232 g/mol. The molecule has 0 radical (unpaired) electrons. The van der Waals surface area contributed by atoms with Gasteiger partial charge in [0.1, 0.15) is 0 Å². The van der Waals surface area contributed by atoms with Crippen LogP contribution in [-0.2, 0) is 14.3 Å². The van der Waals surface area contributed by atoms with Crippen LogP contribution < -0.4 is 0 Å². The number of carbonyl (C=O) groups is 1. The highest BCUT2D eigenvalue weighted by molar-refractivity contribution is 5.73. The molecule has 0 spiro atoms. The van der Waals surface area contributed by atoms with E-state index in [0.717, 1.165) is 6.42 Å². The van der Waals surface area contributed by atoms with Gasteiger partial charge in [0.05, 0.1) is 18.1 Å². The minimum absolute atomic E-state index is 0.314. The van der Waals surface area contributed by atoms with E-state index in [9.17, 15) is 9.90 Å². The van der Waals surface area contributed by atoms with Crippen LogP contribution in [0.25, 0.3) is 0 Å². The van der Waals surface area contributed by atoms with Crippen LogP contribution >= 0.6 is 0 Å². The topological polar surface area (TPSA) is 55.8 Å². The number of hydrogen-bond donors (Lipinski definition) is 1. The molecule has 0 aliphatic heterocycles. The fourth-order valence-corrected chi connectivity index (χ4v) is 1.70. The van der Waals surface area contributed by atoms with Crippen LogP contribution in [0.4, 0.5) is 0 Å². The van der Waals surface area contributed by atoms with E-state index in [4.69, 9.17) is 9.47 Å². The molecule has 0 aliphatic carbocycles. The van der Waals surface area contributed by atoms with E-state index in [1.165, 1.54) is 0 Å². The van der Waals surface area contributed by atoms with Gasteiger partial charge in [-0.2, -0.15) is 0 Å². The van der Waals surface area contributed by atoms with Crippen molar-refractivity contribution in [3.8, 4) is 0 Å². The fourth-order valence-electron chi connectivity index (χ4n) is 1.70. The van der Waals surface area contributed by atoms with Crippen molar-refractivity contribution in [3.05, 3.63) is 0 Å². The lowest BCUT2D eigenvalue weighted by molar-refractivity contribution is -0.159. The Kier molecular flexibility index (Phi) is 7.34. The van der Waals surface area contributed by atoms with Gasteiger partial charge in [-0.25, -0.2) is 0 Å². The van der Waals surface area contributed by atoms with Crippen LogP contribution in [0.15, 0.2) is 0 Å². The van der Waals surface area contributed by atoms with E-state index < -0.39 is 11.5 Å². The van der Waals surface area contributed by atoms with E-state index in [-0.39, 0.29) is 5.97 Å². The molecule has 0 aromatic rings. The zero-order valence-electron chi connectivity index (χ0n) is 10.8. The number of aliphatic hydroxyl groups is 1. The molecular weight excluding hydrogens is 208 g/mol. The normalized spacial score (nSPS) is 16.6. The molecule has 0 aromatic carbocycles. The van der Waals surface area contributed by atoms with Crippen molar-refractivity contribution in [2.45, 2.75) is 45.6 Å². The van der Waals surface area contributed by atoms with Gasteiger partial charge in [0.25, 0.3) is 0 Å². The maximum absolute atomic E-state index is 11.7. The van der Waals surface area contributed by atoms with E-state index >= 15 is 0 Å². The van der Waals surface area contributed by atoms with Gasteiger partial charge < -0.3 is 14.6 Å². The summed E-state index contributed by atoms with van der Waals surface area (Å²) in [6, 6.07) is 0. The Morgan fingerprint density at radius 2 is 2.06 bits per heavy atom. The van der Waals surface area contributed by atoms with Crippen molar-refractivity contribution in [2.75, 3.05) is 20.3 Å². The smallest absolute Gasteiger partial charge is 0.311 e. The Morgan fingerprint density at radius 1 is 1.44 bits per heavy atom. The molecule has 0 aromatic heterocycles. The summed E-state index contributed by atoms with van der Waals surface area (Å²) in [5.74, 6) is -0.780. The summed E-state index contributed by atoms with van der Waals surface area (Å²) in [5, 5.41) is 10.3. The Labute approximate surface area is 97.9 Å². The molecule has 4 nitrogen and oxygen atoms in total. The van der Waals surface area contributed by atoms with Gasteiger partial charge in [0, 0.05) is 20.1 Å². The summed E-state index contributed by atoms with van der Waals surface area (Å²) in [5.41, 5.74) is -1.06. The third kappa shape index (κ3) is 4.94. The second-order valence-electron chi connectivity index (χ2n) is 4.19. The van der Waals surface area contributed by atoms with Crippen molar-refractivity contribution in [1.29, 1.82) is 0 Å². The molecular formula is C12H24O4. The molecule has 2 unspecified atom stereocenters. The number of rotatable bonds is 8. The van der Waals surface area contributed by atoms with Crippen LogP contribution in [-0.4, -0.2) is 37.0 Å². The molecule has 16 heavy (non-hydrogen) atoms. The summed E-state index contributed by atoms with van der Waals surface area (Å²) in [6.45, 7) is 6.21. The molecule has 0 rings (SSSR count). The Hall–Kier alpha value is -0.610. The molecule has 4 heteroatoms. The number of esters is 1. The molecule has 0 bridgehead atoms. The molecule has 0 saturated heterocycles. The summed E-state index contributed by atoms with van der Waals surface area (Å²) >= 11 is 0. The van der Waals surface area contributed by atoms with Crippen LogP contribution in [0.2, 0.25) is 0 Å². The van der Waals surface area contributed by atoms with Crippen molar-refractivity contribution in [2.24, 2.45) is 5.92 Å². The van der Waals surface area contributed by atoms with Gasteiger partial charge in [-0.05, 0) is 20.3 Å². The van der Waals surface area contributed by atoms with Crippen molar-refractivity contribution in [3.63, 3.8) is 0 Å². The van der Waals surface area contributed by atoms with Crippen LogP contribution in [0.3, 0.4) is 0 Å². The van der Waals surface area contributed by atoms with Gasteiger partial charge in [-0.3, -0.25) is 4.79 Å². The molecule has 1 N–H and O–H groups in total. The van der Waals surface area contributed by atoms with Gasteiger partial charge >= 0.3 is 5.97 Å². The van der Waals surface area contributed by atoms with Crippen molar-refractivity contribution >= 4 is 5.97 Å². The third-order valence-corrected chi connectivity index (χ3v) is 2.71. The lowest BCUT2D eigenvalue weighted by atomic mass is 9.83. The number of carbonyl (C=O) groups excluding carboxylic acids is 1. The van der Waals surface area contributed by atoms with Crippen LogP contribution in [0.1, 0.15) is 40.0 Å². The quantitative estimate of drug-likeness (QED) is 0.648. The van der Waals surface area contributed by atoms with Crippen LogP contribution in [0, 0.1) is 5.92 Å². The van der Waals surface area contributed by atoms with Gasteiger partial charge in [-0.15, -0.1) is 0 Å². The first-order chi connectivity index (χ1) is 7.49. The molecule has 0 aliphatic rings. The summed E-state index contributed by atoms with van der Waals surface area (Å²) in [7, 11) is 1.58. The largest absolute Gasteiger partial charge is 0.466 e.